The third-order valence-corrected chi connectivity index (χ3v) is 4.69. The van der Waals surface area contributed by atoms with Gasteiger partial charge >= 0.3 is 6.03 Å². The van der Waals surface area contributed by atoms with Gasteiger partial charge in [0.2, 0.25) is 0 Å². The first kappa shape index (κ1) is 16.0. The lowest BCUT2D eigenvalue weighted by Crippen LogP contribution is -2.51. The topological polar surface area (TPSA) is 72.3 Å². The summed E-state index contributed by atoms with van der Waals surface area (Å²) in [5.41, 5.74) is 0.432. The summed E-state index contributed by atoms with van der Waals surface area (Å²) in [5.74, 6) is 1.02. The minimum Gasteiger partial charge on any atom is -0.378 e. The molecule has 1 aromatic carbocycles. The van der Waals surface area contributed by atoms with E-state index in [0.717, 1.165) is 12.2 Å². The number of carbonyl (C=O) groups is 1. The van der Waals surface area contributed by atoms with Crippen molar-refractivity contribution in [2.24, 2.45) is 0 Å². The second-order valence-electron chi connectivity index (χ2n) is 6.31. The number of amides is 2. The Kier molecular flexibility index (Phi) is 4.35. The molecule has 25 heavy (non-hydrogen) atoms. The molecule has 4 rings (SSSR count). The van der Waals surface area contributed by atoms with Gasteiger partial charge in [-0.3, -0.25) is 0 Å². The van der Waals surface area contributed by atoms with Crippen LogP contribution >= 0.6 is 0 Å². The molecule has 1 atom stereocenters. The predicted molar refractivity (Wildman–Crippen MR) is 88.4 cm³/mol. The van der Waals surface area contributed by atoms with Crippen LogP contribution in [0.3, 0.4) is 0 Å². The van der Waals surface area contributed by atoms with E-state index in [2.05, 4.69) is 15.5 Å². The minimum atomic E-state index is -0.322. The quantitative estimate of drug-likeness (QED) is 0.894. The molecule has 1 saturated heterocycles. The van der Waals surface area contributed by atoms with E-state index in [9.17, 15) is 9.18 Å². The number of nitrogens with one attached hydrogen (secondary N) is 1. The summed E-state index contributed by atoms with van der Waals surface area (Å²) in [6.07, 6.45) is 1.50. The molecule has 1 fully saturated rings. The molecule has 2 aliphatic rings. The maximum atomic E-state index is 14.1. The fourth-order valence-electron chi connectivity index (χ4n) is 3.32. The standard InChI is InChI=1S/C17H20FN5O2/c18-14-4-2-1-3-13(14)16-21-20-15-6-5-12(11-23(15)16)19-17(24)22-7-9-25-10-8-22/h1-4,12H,5-11H2,(H,19,24). The summed E-state index contributed by atoms with van der Waals surface area (Å²) in [7, 11) is 0. The van der Waals surface area contributed by atoms with Gasteiger partial charge in [0.15, 0.2) is 5.82 Å². The summed E-state index contributed by atoms with van der Waals surface area (Å²) in [5, 5.41) is 11.4. The van der Waals surface area contributed by atoms with E-state index in [1.165, 1.54) is 6.07 Å². The average molecular weight is 345 g/mol. The zero-order valence-electron chi connectivity index (χ0n) is 13.8. The van der Waals surface area contributed by atoms with Crippen LogP contribution in [0.4, 0.5) is 9.18 Å². The predicted octanol–water partition coefficient (Wildman–Crippen LogP) is 1.44. The normalized spacial score (nSPS) is 20.2. The molecule has 1 aromatic heterocycles. The second-order valence-corrected chi connectivity index (χ2v) is 6.31. The molecule has 3 heterocycles. The Balaban J connectivity index is 1.50. The molecule has 2 aliphatic heterocycles. The van der Waals surface area contributed by atoms with Crippen molar-refractivity contribution in [1.29, 1.82) is 0 Å². The number of hydrogen-bond donors (Lipinski definition) is 1. The Morgan fingerprint density at radius 1 is 1.24 bits per heavy atom. The highest BCUT2D eigenvalue weighted by atomic mass is 19.1. The third-order valence-electron chi connectivity index (χ3n) is 4.69. The summed E-state index contributed by atoms with van der Waals surface area (Å²) in [4.78, 5) is 14.2. The third kappa shape index (κ3) is 3.21. The van der Waals surface area contributed by atoms with Crippen molar-refractivity contribution in [3.63, 3.8) is 0 Å². The molecule has 0 bridgehead atoms. The maximum Gasteiger partial charge on any atom is 0.317 e. The number of carbonyl (C=O) groups excluding carboxylic acids is 1. The highest BCUT2D eigenvalue weighted by molar-refractivity contribution is 5.74. The van der Waals surface area contributed by atoms with Crippen molar-refractivity contribution >= 4 is 6.03 Å². The van der Waals surface area contributed by atoms with Gasteiger partial charge in [-0.05, 0) is 18.6 Å². The molecule has 2 amide bonds. The van der Waals surface area contributed by atoms with Crippen LogP contribution < -0.4 is 5.32 Å². The van der Waals surface area contributed by atoms with E-state index < -0.39 is 0 Å². The van der Waals surface area contributed by atoms with E-state index in [0.29, 0.717) is 50.7 Å². The molecule has 0 radical (unpaired) electrons. The van der Waals surface area contributed by atoms with Gasteiger partial charge in [0.05, 0.1) is 18.8 Å². The molecule has 2 aromatic rings. The molecule has 1 unspecified atom stereocenters. The van der Waals surface area contributed by atoms with Gasteiger partial charge in [-0.1, -0.05) is 12.1 Å². The van der Waals surface area contributed by atoms with Gasteiger partial charge in [-0.15, -0.1) is 10.2 Å². The van der Waals surface area contributed by atoms with E-state index >= 15 is 0 Å². The van der Waals surface area contributed by atoms with Crippen LogP contribution in [0.25, 0.3) is 11.4 Å². The number of aryl methyl sites for hydroxylation is 1. The van der Waals surface area contributed by atoms with Crippen LogP contribution in [0.5, 0.6) is 0 Å². The first-order chi connectivity index (χ1) is 12.2. The van der Waals surface area contributed by atoms with E-state index in [4.69, 9.17) is 4.74 Å². The smallest absolute Gasteiger partial charge is 0.317 e. The maximum absolute atomic E-state index is 14.1. The summed E-state index contributed by atoms with van der Waals surface area (Å²) >= 11 is 0. The Morgan fingerprint density at radius 3 is 2.84 bits per heavy atom. The summed E-state index contributed by atoms with van der Waals surface area (Å²) < 4.78 is 21.3. The average Bonchev–Trinajstić information content (AvgIpc) is 3.06. The number of ether oxygens (including phenoxy) is 1. The number of nitrogens with zero attached hydrogens (tertiary/aromatic N) is 4. The van der Waals surface area contributed by atoms with Crippen molar-refractivity contribution in [3.05, 3.63) is 35.9 Å². The van der Waals surface area contributed by atoms with Gasteiger partial charge in [-0.25, -0.2) is 9.18 Å². The molecule has 0 aliphatic carbocycles. The Hall–Kier alpha value is -2.48. The molecule has 1 N–H and O–H groups in total. The van der Waals surface area contributed by atoms with Gasteiger partial charge in [0.25, 0.3) is 0 Å². The van der Waals surface area contributed by atoms with E-state index in [1.54, 1.807) is 23.1 Å². The second kappa shape index (κ2) is 6.79. The minimum absolute atomic E-state index is 0.0237. The number of benzene rings is 1. The number of hydrogen-bond acceptors (Lipinski definition) is 4. The Morgan fingerprint density at radius 2 is 2.04 bits per heavy atom. The van der Waals surface area contributed by atoms with Crippen molar-refractivity contribution in [2.45, 2.75) is 25.4 Å². The lowest BCUT2D eigenvalue weighted by Gasteiger charge is -2.31. The lowest BCUT2D eigenvalue weighted by atomic mass is 10.1. The van der Waals surface area contributed by atoms with Crippen LogP contribution in [0.15, 0.2) is 24.3 Å². The number of aromatic nitrogens is 3. The number of morpholine rings is 1. The van der Waals surface area contributed by atoms with Crippen molar-refractivity contribution < 1.29 is 13.9 Å². The molecule has 8 heteroatoms. The van der Waals surface area contributed by atoms with Crippen LogP contribution in [0.1, 0.15) is 12.2 Å². The highest BCUT2D eigenvalue weighted by Crippen LogP contribution is 2.25. The Labute approximate surface area is 144 Å². The number of rotatable bonds is 2. The molecule has 0 spiro atoms. The Bertz CT molecular complexity index is 772. The zero-order chi connectivity index (χ0) is 17.2. The first-order valence-electron chi connectivity index (χ1n) is 8.52. The number of fused-ring (bicyclic) bond motifs is 1. The summed E-state index contributed by atoms with van der Waals surface area (Å²) in [6, 6.07) is 6.44. The fourth-order valence-corrected chi connectivity index (χ4v) is 3.32. The van der Waals surface area contributed by atoms with Crippen LogP contribution in [0.2, 0.25) is 0 Å². The van der Waals surface area contributed by atoms with Crippen molar-refractivity contribution in [2.75, 3.05) is 26.3 Å². The van der Waals surface area contributed by atoms with Crippen LogP contribution in [-0.4, -0.2) is 58.0 Å². The molecular weight excluding hydrogens is 325 g/mol. The largest absolute Gasteiger partial charge is 0.378 e. The molecule has 0 saturated carbocycles. The monoisotopic (exact) mass is 345 g/mol. The van der Waals surface area contributed by atoms with Gasteiger partial charge in [-0.2, -0.15) is 0 Å². The van der Waals surface area contributed by atoms with Gasteiger partial charge in [0.1, 0.15) is 11.6 Å². The fraction of sp³-hybridized carbons (Fsp3) is 0.471. The van der Waals surface area contributed by atoms with Gasteiger partial charge < -0.3 is 19.5 Å². The molecule has 132 valence electrons. The van der Waals surface area contributed by atoms with Crippen molar-refractivity contribution in [3.8, 4) is 11.4 Å². The van der Waals surface area contributed by atoms with E-state index in [1.807, 2.05) is 4.57 Å². The zero-order valence-corrected chi connectivity index (χ0v) is 13.8. The van der Waals surface area contributed by atoms with Crippen LogP contribution in [-0.2, 0) is 17.7 Å². The lowest BCUT2D eigenvalue weighted by molar-refractivity contribution is 0.0521. The number of halogens is 1. The molecular formula is C17H20FN5O2. The highest BCUT2D eigenvalue weighted by Gasteiger charge is 2.27. The SMILES string of the molecule is O=C(NC1CCc2nnc(-c3ccccc3F)n2C1)N1CCOCC1. The number of urea groups is 1. The van der Waals surface area contributed by atoms with E-state index in [-0.39, 0.29) is 17.9 Å². The summed E-state index contributed by atoms with van der Waals surface area (Å²) in [6.45, 7) is 2.91. The molecule has 7 nitrogen and oxygen atoms in total. The van der Waals surface area contributed by atoms with Crippen LogP contribution in [0, 0.1) is 5.82 Å². The first-order valence-corrected chi connectivity index (χ1v) is 8.52. The van der Waals surface area contributed by atoms with Gasteiger partial charge in [0, 0.05) is 32.1 Å². The van der Waals surface area contributed by atoms with Crippen molar-refractivity contribution in [1.82, 2.24) is 25.0 Å².